The molecule has 0 atom stereocenters. The van der Waals surface area contributed by atoms with E-state index in [9.17, 15) is 4.79 Å². The summed E-state index contributed by atoms with van der Waals surface area (Å²) in [5, 5.41) is 4.40. The first kappa shape index (κ1) is 17.5. The van der Waals surface area contributed by atoms with Crippen LogP contribution in [0.1, 0.15) is 35.8 Å². The third-order valence-corrected chi connectivity index (χ3v) is 5.00. The van der Waals surface area contributed by atoms with E-state index in [2.05, 4.69) is 44.3 Å². The van der Waals surface area contributed by atoms with Gasteiger partial charge in [0.2, 0.25) is 5.69 Å². The van der Waals surface area contributed by atoms with Crippen LogP contribution in [0.15, 0.2) is 41.2 Å². The summed E-state index contributed by atoms with van der Waals surface area (Å²) in [4.78, 5) is 22.9. The van der Waals surface area contributed by atoms with Crippen molar-refractivity contribution in [2.45, 2.75) is 26.2 Å². The summed E-state index contributed by atoms with van der Waals surface area (Å²) >= 11 is 0. The highest BCUT2D eigenvalue weighted by Gasteiger charge is 2.27. The van der Waals surface area contributed by atoms with E-state index in [1.54, 1.807) is 6.92 Å². The molecule has 0 radical (unpaired) electrons. The third kappa shape index (κ3) is 3.63. The van der Waals surface area contributed by atoms with Gasteiger partial charge in [-0.3, -0.25) is 0 Å². The Kier molecular flexibility index (Phi) is 5.00. The van der Waals surface area contributed by atoms with Crippen molar-refractivity contribution >= 4 is 22.9 Å². The average molecular weight is 366 g/mol. The van der Waals surface area contributed by atoms with E-state index in [0.717, 1.165) is 32.4 Å². The molecule has 4 rings (SSSR count). The second kappa shape index (κ2) is 7.73. The second-order valence-electron chi connectivity index (χ2n) is 6.75. The van der Waals surface area contributed by atoms with E-state index in [4.69, 9.17) is 9.26 Å². The fourth-order valence-corrected chi connectivity index (χ4v) is 3.65. The molecule has 1 aromatic carbocycles. The largest absolute Gasteiger partial charge is 0.461 e. The lowest BCUT2D eigenvalue weighted by atomic mass is 9.90. The number of benzene rings is 1. The van der Waals surface area contributed by atoms with Crippen LogP contribution in [-0.2, 0) is 11.2 Å². The van der Waals surface area contributed by atoms with E-state index >= 15 is 0 Å². The van der Waals surface area contributed by atoms with Crippen molar-refractivity contribution in [3.8, 4) is 0 Å². The molecule has 140 valence electrons. The molecule has 3 aromatic rings. The Hall–Kier alpha value is -2.96. The van der Waals surface area contributed by atoms with Gasteiger partial charge in [-0.05, 0) is 37.7 Å². The number of piperidine rings is 1. The number of ether oxygens (including phenoxy) is 1. The molecule has 2 aromatic heterocycles. The van der Waals surface area contributed by atoms with Gasteiger partial charge in [-0.2, -0.15) is 4.98 Å². The van der Waals surface area contributed by atoms with E-state index in [1.165, 1.54) is 11.9 Å². The van der Waals surface area contributed by atoms with Crippen LogP contribution in [0.2, 0.25) is 0 Å². The first-order chi connectivity index (χ1) is 13.3. The summed E-state index contributed by atoms with van der Waals surface area (Å²) < 4.78 is 10.3. The number of carbonyl (C=O) groups excluding carboxylic acids is 1. The van der Waals surface area contributed by atoms with Gasteiger partial charge in [-0.15, -0.1) is 0 Å². The van der Waals surface area contributed by atoms with Crippen LogP contribution >= 0.6 is 0 Å². The molecule has 7 heteroatoms. The molecule has 0 N–H and O–H groups in total. The smallest absolute Gasteiger partial charge is 0.361 e. The topological polar surface area (TPSA) is 81.3 Å². The summed E-state index contributed by atoms with van der Waals surface area (Å²) in [7, 11) is 0. The van der Waals surface area contributed by atoms with Gasteiger partial charge in [-0.25, -0.2) is 9.78 Å². The first-order valence-corrected chi connectivity index (χ1v) is 9.32. The highest BCUT2D eigenvalue weighted by atomic mass is 16.5. The minimum absolute atomic E-state index is 0.147. The number of esters is 1. The number of nitrogens with zero attached hydrogens (tertiary/aromatic N) is 4. The molecule has 0 aliphatic carbocycles. The van der Waals surface area contributed by atoms with Gasteiger partial charge in [0.05, 0.1) is 6.61 Å². The van der Waals surface area contributed by atoms with Crippen molar-refractivity contribution in [2.24, 2.45) is 5.92 Å². The SMILES string of the molecule is CCOC(=O)c1noc2ncnc(N3CCC(Cc4ccccc4)CC3)c12. The maximum Gasteiger partial charge on any atom is 0.361 e. The van der Waals surface area contributed by atoms with Crippen LogP contribution < -0.4 is 4.90 Å². The van der Waals surface area contributed by atoms with Crippen LogP contribution in [0.3, 0.4) is 0 Å². The van der Waals surface area contributed by atoms with Crippen LogP contribution in [0.4, 0.5) is 5.82 Å². The zero-order valence-electron chi connectivity index (χ0n) is 15.3. The predicted molar refractivity (Wildman–Crippen MR) is 101 cm³/mol. The Morgan fingerprint density at radius 2 is 2.00 bits per heavy atom. The summed E-state index contributed by atoms with van der Waals surface area (Å²) in [5.41, 5.74) is 1.84. The summed E-state index contributed by atoms with van der Waals surface area (Å²) in [5.74, 6) is 0.835. The van der Waals surface area contributed by atoms with Crippen LogP contribution in [-0.4, -0.2) is 40.8 Å². The number of carbonyl (C=O) groups is 1. The maximum absolute atomic E-state index is 12.2. The quantitative estimate of drug-likeness (QED) is 0.641. The van der Waals surface area contributed by atoms with E-state index in [-0.39, 0.29) is 12.3 Å². The van der Waals surface area contributed by atoms with Gasteiger partial charge < -0.3 is 14.2 Å². The predicted octanol–water partition coefficient (Wildman–Crippen LogP) is 3.25. The number of aromatic nitrogens is 3. The monoisotopic (exact) mass is 366 g/mol. The van der Waals surface area contributed by atoms with Crippen molar-refractivity contribution in [3.05, 3.63) is 47.9 Å². The Morgan fingerprint density at radius 1 is 1.22 bits per heavy atom. The molecule has 0 spiro atoms. The van der Waals surface area contributed by atoms with Gasteiger partial charge in [0.1, 0.15) is 17.5 Å². The normalized spacial score (nSPS) is 15.2. The Balaban J connectivity index is 1.52. The molecule has 3 heterocycles. The zero-order valence-corrected chi connectivity index (χ0v) is 15.3. The molecule has 0 unspecified atom stereocenters. The van der Waals surface area contributed by atoms with E-state index in [0.29, 0.717) is 22.8 Å². The van der Waals surface area contributed by atoms with Gasteiger partial charge in [0.15, 0.2) is 0 Å². The minimum Gasteiger partial charge on any atom is -0.461 e. The zero-order chi connectivity index (χ0) is 18.6. The van der Waals surface area contributed by atoms with Crippen LogP contribution in [0.5, 0.6) is 0 Å². The molecule has 0 amide bonds. The van der Waals surface area contributed by atoms with Crippen LogP contribution in [0, 0.1) is 5.92 Å². The number of hydrogen-bond acceptors (Lipinski definition) is 7. The number of rotatable bonds is 5. The van der Waals surface area contributed by atoms with E-state index in [1.807, 2.05) is 6.07 Å². The fraction of sp³-hybridized carbons (Fsp3) is 0.400. The lowest BCUT2D eigenvalue weighted by molar-refractivity contribution is 0.0517. The van der Waals surface area contributed by atoms with Gasteiger partial charge in [0, 0.05) is 13.1 Å². The van der Waals surface area contributed by atoms with Crippen molar-refractivity contribution < 1.29 is 14.1 Å². The van der Waals surface area contributed by atoms with Crippen molar-refractivity contribution in [1.29, 1.82) is 0 Å². The third-order valence-electron chi connectivity index (χ3n) is 5.00. The lowest BCUT2D eigenvalue weighted by Gasteiger charge is -2.33. The van der Waals surface area contributed by atoms with Gasteiger partial charge in [0.25, 0.3) is 5.71 Å². The summed E-state index contributed by atoms with van der Waals surface area (Å²) in [6.45, 7) is 3.78. The molecule has 1 aliphatic rings. The standard InChI is InChI=1S/C20H22N4O3/c1-2-26-20(25)17-16-18(21-13-22-19(16)27-23-17)24-10-8-15(9-11-24)12-14-6-4-3-5-7-14/h3-7,13,15H,2,8-12H2,1H3. The van der Waals surface area contributed by atoms with Gasteiger partial charge in [-0.1, -0.05) is 35.5 Å². The Morgan fingerprint density at radius 3 is 2.74 bits per heavy atom. The second-order valence-corrected chi connectivity index (χ2v) is 6.75. The highest BCUT2D eigenvalue weighted by Crippen LogP contribution is 2.31. The lowest BCUT2D eigenvalue weighted by Crippen LogP contribution is -2.35. The Labute approximate surface area is 157 Å². The highest BCUT2D eigenvalue weighted by molar-refractivity contribution is 6.04. The molecule has 0 bridgehead atoms. The molecule has 7 nitrogen and oxygen atoms in total. The van der Waals surface area contributed by atoms with Gasteiger partial charge >= 0.3 is 5.97 Å². The van der Waals surface area contributed by atoms with E-state index < -0.39 is 5.97 Å². The van der Waals surface area contributed by atoms with Crippen molar-refractivity contribution in [3.63, 3.8) is 0 Å². The maximum atomic E-state index is 12.2. The number of hydrogen-bond donors (Lipinski definition) is 0. The number of fused-ring (bicyclic) bond motifs is 1. The fourth-order valence-electron chi connectivity index (χ4n) is 3.65. The average Bonchev–Trinajstić information content (AvgIpc) is 3.14. The molecule has 1 saturated heterocycles. The molecule has 1 fully saturated rings. The molecule has 1 aliphatic heterocycles. The minimum atomic E-state index is -0.508. The molecule has 27 heavy (non-hydrogen) atoms. The summed E-state index contributed by atoms with van der Waals surface area (Å²) in [6.07, 6.45) is 4.68. The molecular formula is C20H22N4O3. The summed E-state index contributed by atoms with van der Waals surface area (Å²) in [6, 6.07) is 10.6. The Bertz CT molecular complexity index is 917. The van der Waals surface area contributed by atoms with Crippen molar-refractivity contribution in [1.82, 2.24) is 15.1 Å². The van der Waals surface area contributed by atoms with Crippen LogP contribution in [0.25, 0.3) is 11.1 Å². The molecule has 0 saturated carbocycles. The molecular weight excluding hydrogens is 344 g/mol. The number of anilines is 1. The first-order valence-electron chi connectivity index (χ1n) is 9.32. The van der Waals surface area contributed by atoms with Crippen molar-refractivity contribution in [2.75, 3.05) is 24.6 Å².